The largest absolute Gasteiger partial charge is 0.427 e. The van der Waals surface area contributed by atoms with E-state index in [0.29, 0.717) is 11.1 Å². The summed E-state index contributed by atoms with van der Waals surface area (Å²) in [5, 5.41) is 7.62. The van der Waals surface area contributed by atoms with E-state index in [0.717, 1.165) is 0 Å². The average Bonchev–Trinajstić information content (AvgIpc) is 2.37. The molecule has 1 atom stereocenters. The van der Waals surface area contributed by atoms with Crippen LogP contribution in [0.2, 0.25) is 0 Å². The van der Waals surface area contributed by atoms with E-state index >= 15 is 0 Å². The molecule has 3 nitrogen and oxygen atoms in total. The smallest absolute Gasteiger partial charge is 0.228 e. The van der Waals surface area contributed by atoms with Gasteiger partial charge >= 0.3 is 0 Å². The minimum Gasteiger partial charge on any atom is -0.427 e. The molecule has 0 aromatic carbocycles. The predicted octanol–water partition coefficient (Wildman–Crippen LogP) is 1.49. The van der Waals surface area contributed by atoms with Crippen molar-refractivity contribution in [3.05, 3.63) is 12.3 Å². The zero-order valence-corrected chi connectivity index (χ0v) is 6.18. The Hall–Kier alpha value is -0.510. The fourth-order valence-corrected chi connectivity index (χ4v) is 0.764. The second-order valence-electron chi connectivity index (χ2n) is 1.65. The van der Waals surface area contributed by atoms with Crippen LogP contribution in [0.1, 0.15) is 18.1 Å². The van der Waals surface area contributed by atoms with Gasteiger partial charge in [-0.3, -0.25) is 0 Å². The number of aromatic nitrogens is 2. The molecule has 1 aromatic heterocycles. The second kappa shape index (κ2) is 2.87. The van der Waals surface area contributed by atoms with Crippen LogP contribution in [0, 0.1) is 0 Å². The molecule has 1 rings (SSSR count). The summed E-state index contributed by atoms with van der Waals surface area (Å²) in [4.78, 5) is 0. The lowest BCUT2D eigenvalue weighted by molar-refractivity contribution is 0.496. The summed E-state index contributed by atoms with van der Waals surface area (Å²) < 4.78 is 4.94. The van der Waals surface area contributed by atoms with Crippen molar-refractivity contribution < 1.29 is 4.42 Å². The average molecular weight is 144 g/mol. The van der Waals surface area contributed by atoms with Gasteiger partial charge in [-0.1, -0.05) is 0 Å². The second-order valence-corrected chi connectivity index (χ2v) is 2.83. The van der Waals surface area contributed by atoms with Crippen molar-refractivity contribution in [2.75, 3.05) is 6.26 Å². The molecule has 0 saturated carbocycles. The zero-order valence-electron chi connectivity index (χ0n) is 5.37. The minimum atomic E-state index is 0.312. The van der Waals surface area contributed by atoms with E-state index in [-0.39, 0.29) is 0 Å². The maximum atomic E-state index is 4.94. The van der Waals surface area contributed by atoms with Gasteiger partial charge in [-0.25, -0.2) is 0 Å². The Morgan fingerprint density at radius 3 is 3.00 bits per heavy atom. The first-order chi connectivity index (χ1) is 4.34. The van der Waals surface area contributed by atoms with Crippen LogP contribution >= 0.6 is 11.8 Å². The summed E-state index contributed by atoms with van der Waals surface area (Å²) in [6.07, 6.45) is 3.36. The topological polar surface area (TPSA) is 38.9 Å². The first-order valence-corrected chi connectivity index (χ1v) is 3.92. The molecule has 4 heteroatoms. The van der Waals surface area contributed by atoms with E-state index in [1.165, 1.54) is 6.39 Å². The molecular weight excluding hydrogens is 136 g/mol. The van der Waals surface area contributed by atoms with Crippen molar-refractivity contribution in [1.82, 2.24) is 10.2 Å². The zero-order chi connectivity index (χ0) is 6.69. The number of hydrogen-bond acceptors (Lipinski definition) is 4. The van der Waals surface area contributed by atoms with Crippen molar-refractivity contribution in [3.8, 4) is 0 Å². The summed E-state index contributed by atoms with van der Waals surface area (Å²) in [6.45, 7) is 2.03. The van der Waals surface area contributed by atoms with Crippen LogP contribution < -0.4 is 0 Å². The highest BCUT2D eigenvalue weighted by Crippen LogP contribution is 2.22. The third-order valence-corrected chi connectivity index (χ3v) is 1.99. The highest BCUT2D eigenvalue weighted by Gasteiger charge is 2.07. The molecule has 0 saturated heterocycles. The van der Waals surface area contributed by atoms with Crippen LogP contribution in [-0.2, 0) is 0 Å². The van der Waals surface area contributed by atoms with Gasteiger partial charge in [0.05, 0.1) is 5.25 Å². The minimum absolute atomic E-state index is 0.312. The number of rotatable bonds is 2. The lowest BCUT2D eigenvalue weighted by Crippen LogP contribution is -1.86. The van der Waals surface area contributed by atoms with Crippen LogP contribution in [0.4, 0.5) is 0 Å². The lowest BCUT2D eigenvalue weighted by atomic mass is 10.5. The molecule has 0 aliphatic rings. The standard InChI is InChI=1S/C5H8N2OS/c1-4(9-2)5-7-6-3-8-5/h3-4H,1-2H3. The Morgan fingerprint density at radius 2 is 2.56 bits per heavy atom. The fourth-order valence-electron chi connectivity index (χ4n) is 0.460. The maximum absolute atomic E-state index is 4.94. The Balaban J connectivity index is 2.65. The van der Waals surface area contributed by atoms with E-state index in [4.69, 9.17) is 4.42 Å². The van der Waals surface area contributed by atoms with E-state index < -0.39 is 0 Å². The molecular formula is C5H8N2OS. The van der Waals surface area contributed by atoms with Gasteiger partial charge in [0, 0.05) is 0 Å². The van der Waals surface area contributed by atoms with Gasteiger partial charge < -0.3 is 4.42 Å². The Labute approximate surface area is 57.9 Å². The SMILES string of the molecule is CSC(C)c1nnco1. The first-order valence-electron chi connectivity index (χ1n) is 2.63. The monoisotopic (exact) mass is 144 g/mol. The predicted molar refractivity (Wildman–Crippen MR) is 36.2 cm³/mol. The summed E-state index contributed by atoms with van der Waals surface area (Å²) in [5.74, 6) is 0.697. The number of thioether (sulfide) groups is 1. The fraction of sp³-hybridized carbons (Fsp3) is 0.600. The Bertz CT molecular complexity index is 163. The molecule has 0 spiro atoms. The molecule has 1 unspecified atom stereocenters. The highest BCUT2D eigenvalue weighted by atomic mass is 32.2. The molecule has 0 fully saturated rings. The van der Waals surface area contributed by atoms with Crippen LogP contribution in [0.25, 0.3) is 0 Å². The van der Waals surface area contributed by atoms with Crippen molar-refractivity contribution in [1.29, 1.82) is 0 Å². The highest BCUT2D eigenvalue weighted by molar-refractivity contribution is 7.98. The van der Waals surface area contributed by atoms with Gasteiger partial charge in [0.2, 0.25) is 12.3 Å². The molecule has 9 heavy (non-hydrogen) atoms. The Kier molecular flexibility index (Phi) is 2.10. The molecule has 1 aromatic rings. The van der Waals surface area contributed by atoms with E-state index in [1.807, 2.05) is 13.2 Å². The van der Waals surface area contributed by atoms with Gasteiger partial charge in [-0.2, -0.15) is 11.8 Å². The summed E-state index contributed by atoms with van der Waals surface area (Å²) >= 11 is 1.69. The molecule has 0 aliphatic heterocycles. The molecule has 0 bridgehead atoms. The number of nitrogens with zero attached hydrogens (tertiary/aromatic N) is 2. The van der Waals surface area contributed by atoms with E-state index in [2.05, 4.69) is 10.2 Å². The van der Waals surface area contributed by atoms with Crippen LogP contribution in [0.15, 0.2) is 10.8 Å². The van der Waals surface area contributed by atoms with Crippen molar-refractivity contribution in [2.45, 2.75) is 12.2 Å². The number of hydrogen-bond donors (Lipinski definition) is 0. The quantitative estimate of drug-likeness (QED) is 0.630. The molecule has 1 heterocycles. The normalized spacial score (nSPS) is 13.6. The molecule has 0 amide bonds. The van der Waals surface area contributed by atoms with Crippen LogP contribution in [-0.4, -0.2) is 16.5 Å². The third-order valence-electron chi connectivity index (χ3n) is 1.08. The summed E-state index contributed by atoms with van der Waals surface area (Å²) in [5.41, 5.74) is 0. The van der Waals surface area contributed by atoms with E-state index in [1.54, 1.807) is 11.8 Å². The van der Waals surface area contributed by atoms with Crippen LogP contribution in [0.3, 0.4) is 0 Å². The first kappa shape index (κ1) is 6.61. The molecule has 0 aliphatic carbocycles. The Morgan fingerprint density at radius 1 is 1.78 bits per heavy atom. The van der Waals surface area contributed by atoms with Gasteiger partial charge in [0.25, 0.3) is 0 Å². The van der Waals surface area contributed by atoms with Crippen molar-refractivity contribution in [2.24, 2.45) is 0 Å². The summed E-state index contributed by atoms with van der Waals surface area (Å²) in [7, 11) is 0. The van der Waals surface area contributed by atoms with Crippen LogP contribution in [0.5, 0.6) is 0 Å². The molecule has 0 radical (unpaired) electrons. The maximum Gasteiger partial charge on any atom is 0.228 e. The van der Waals surface area contributed by atoms with Gasteiger partial charge in [0.1, 0.15) is 0 Å². The molecule has 0 N–H and O–H groups in total. The lowest BCUT2D eigenvalue weighted by Gasteiger charge is -1.97. The third kappa shape index (κ3) is 1.45. The summed E-state index contributed by atoms with van der Waals surface area (Å²) in [6, 6.07) is 0. The van der Waals surface area contributed by atoms with Crippen molar-refractivity contribution in [3.63, 3.8) is 0 Å². The van der Waals surface area contributed by atoms with Gasteiger partial charge in [0.15, 0.2) is 0 Å². The van der Waals surface area contributed by atoms with Crippen molar-refractivity contribution >= 4 is 11.8 Å². The van der Waals surface area contributed by atoms with E-state index in [9.17, 15) is 0 Å². The molecule has 50 valence electrons. The van der Waals surface area contributed by atoms with Gasteiger partial charge in [-0.15, -0.1) is 10.2 Å². The van der Waals surface area contributed by atoms with Gasteiger partial charge in [-0.05, 0) is 13.2 Å².